The Balaban J connectivity index is 0.000000509. The van der Waals surface area contributed by atoms with Gasteiger partial charge < -0.3 is 40.3 Å². The van der Waals surface area contributed by atoms with Crippen molar-refractivity contribution in [3.05, 3.63) is 48.2 Å². The normalized spacial score (nSPS) is 14.2. The summed E-state index contributed by atoms with van der Waals surface area (Å²) in [6.45, 7) is 25.4. The fourth-order valence-corrected chi connectivity index (χ4v) is 8.89. The topological polar surface area (TPSA) is 225 Å². The van der Waals surface area contributed by atoms with E-state index in [4.69, 9.17) is 4.74 Å². The Morgan fingerprint density at radius 2 is 1.05 bits per heavy atom. The van der Waals surface area contributed by atoms with Gasteiger partial charge in [0.2, 0.25) is 0 Å². The monoisotopic (exact) mass is 1670 g/mol. The van der Waals surface area contributed by atoms with Gasteiger partial charge in [-0.1, -0.05) is 69.2 Å². The number of aromatic nitrogens is 3. The molecule has 3 aromatic heterocycles. The maximum absolute atomic E-state index is 12.7. The van der Waals surface area contributed by atoms with E-state index in [-0.39, 0.29) is 42.0 Å². The summed E-state index contributed by atoms with van der Waals surface area (Å²) in [5.74, 6) is -0.283. The van der Waals surface area contributed by atoms with Crippen molar-refractivity contribution in [3.8, 4) is 0 Å². The second-order valence-electron chi connectivity index (χ2n) is 19.7. The van der Waals surface area contributed by atoms with Crippen molar-refractivity contribution >= 4 is 145 Å². The van der Waals surface area contributed by atoms with Crippen LogP contribution in [0.25, 0.3) is 0 Å². The van der Waals surface area contributed by atoms with Gasteiger partial charge >= 0.3 is 86.7 Å². The van der Waals surface area contributed by atoms with Gasteiger partial charge in [-0.25, -0.2) is 34.1 Å². The molecule has 0 bridgehead atoms. The SMILES string of the molecule is CC(C)c1nc(CN(C(=O)N[C@H](C(=O)O)C(C)C)C2CC2)cs1.CC(C)c1nc(CNC2CC2)cs1.COC(=O)[C@@H](NC(=O)N(Cc1csc(C(C)C)n1)C1CC1)C(C)C.COC(=O)[N+](=C=O)C(C)C.II.I[I-]I. The summed E-state index contributed by atoms with van der Waals surface area (Å²) in [5, 5.41) is 27.7. The minimum absolute atomic E-state index is 0.0331. The van der Waals surface area contributed by atoms with E-state index in [2.05, 4.69) is 157 Å². The fourth-order valence-electron chi connectivity index (χ4n) is 6.40. The van der Waals surface area contributed by atoms with Crippen molar-refractivity contribution in [2.45, 2.75) is 195 Å². The Hall–Kier alpha value is -1.17. The predicted molar refractivity (Wildman–Crippen MR) is 329 cm³/mol. The van der Waals surface area contributed by atoms with E-state index in [1.54, 1.807) is 71.5 Å². The average molecular weight is 1670 g/mol. The molecule has 5 amide bonds. The van der Waals surface area contributed by atoms with Crippen LogP contribution in [0.1, 0.15) is 171 Å². The van der Waals surface area contributed by atoms with Gasteiger partial charge in [-0.15, -0.1) is 34.0 Å². The van der Waals surface area contributed by atoms with Crippen LogP contribution in [0.15, 0.2) is 16.1 Å². The summed E-state index contributed by atoms with van der Waals surface area (Å²) in [6.07, 6.45) is 7.41. The van der Waals surface area contributed by atoms with Crippen LogP contribution < -0.4 is 29.2 Å². The number of carbonyl (C=O) groups is 5. The molecule has 0 unspecified atom stereocenters. The molecule has 3 aliphatic carbocycles. The molecule has 75 heavy (non-hydrogen) atoms. The molecule has 0 spiro atoms. The third-order valence-corrected chi connectivity index (χ3v) is 14.7. The van der Waals surface area contributed by atoms with E-state index in [0.717, 1.165) is 64.2 Å². The van der Waals surface area contributed by atoms with E-state index in [9.17, 15) is 33.9 Å². The zero-order valence-corrected chi connectivity index (χ0v) is 58.7. The fraction of sp³-hybridized carbons (Fsp3) is 0.694. The second kappa shape index (κ2) is 38.5. The first-order valence-electron chi connectivity index (χ1n) is 24.7. The number of halogens is 5. The van der Waals surface area contributed by atoms with Gasteiger partial charge in [0.15, 0.2) is 6.04 Å². The molecule has 0 saturated heterocycles. The first-order valence-corrected chi connectivity index (χ1v) is 46.2. The number of hydrogen-bond acceptors (Lipinski definition) is 15. The number of thiazole rings is 3. The summed E-state index contributed by atoms with van der Waals surface area (Å²) in [7, 11) is 2.56. The number of amides is 5. The molecular weight excluding hydrogens is 1590 g/mol. The summed E-state index contributed by atoms with van der Waals surface area (Å²) >= 11 is 14.5. The van der Waals surface area contributed by atoms with Gasteiger partial charge in [0.05, 0.1) is 59.4 Å². The van der Waals surface area contributed by atoms with E-state index in [1.807, 2.05) is 24.6 Å². The van der Waals surface area contributed by atoms with E-state index in [1.165, 1.54) is 43.8 Å². The minimum atomic E-state index is -1.00. The molecule has 18 nitrogen and oxygen atoms in total. The Kier molecular flexibility index (Phi) is 36.9. The molecule has 3 saturated carbocycles. The number of carbonyl (C=O) groups excluding carboxylic acids is 5. The number of isocyanates is 1. The van der Waals surface area contributed by atoms with E-state index in [0.29, 0.717) is 44.1 Å². The number of rotatable bonds is 19. The molecule has 0 aliphatic heterocycles. The zero-order valence-electron chi connectivity index (χ0n) is 45.5. The van der Waals surface area contributed by atoms with Crippen LogP contribution in [0.2, 0.25) is 0 Å². The molecule has 3 aromatic rings. The third-order valence-electron chi connectivity index (χ3n) is 11.1. The first kappa shape index (κ1) is 71.8. The van der Waals surface area contributed by atoms with Crippen LogP contribution in [-0.4, -0.2) is 121 Å². The van der Waals surface area contributed by atoms with Crippen LogP contribution in [0.3, 0.4) is 0 Å². The molecule has 26 heteroatoms. The van der Waals surface area contributed by atoms with Gasteiger partial charge in [0.1, 0.15) is 12.1 Å². The molecule has 3 heterocycles. The summed E-state index contributed by atoms with van der Waals surface area (Å²) in [5.41, 5.74) is 2.99. The van der Waals surface area contributed by atoms with Gasteiger partial charge in [-0.2, -0.15) is 9.59 Å². The number of urea groups is 2. The van der Waals surface area contributed by atoms with Crippen LogP contribution in [0.4, 0.5) is 14.4 Å². The van der Waals surface area contributed by atoms with E-state index >= 15 is 0 Å². The third kappa shape index (κ3) is 28.2. The van der Waals surface area contributed by atoms with Crippen molar-refractivity contribution < 1.29 is 61.2 Å². The summed E-state index contributed by atoms with van der Waals surface area (Å²) in [6, 6.07) is -1.03. The number of hydrogen-bond donors (Lipinski definition) is 4. The van der Waals surface area contributed by atoms with Crippen molar-refractivity contribution in [2.24, 2.45) is 11.8 Å². The molecule has 4 N–H and O–H groups in total. The van der Waals surface area contributed by atoms with Crippen LogP contribution in [0, 0.1) is 11.8 Å². The molecule has 0 radical (unpaired) electrons. The quantitative estimate of drug-likeness (QED) is 0.0289. The zero-order chi connectivity index (χ0) is 57.1. The van der Waals surface area contributed by atoms with Crippen LogP contribution in [-0.2, 0) is 43.5 Å². The van der Waals surface area contributed by atoms with Gasteiger partial charge in [0.25, 0.3) is 0 Å². The van der Waals surface area contributed by atoms with Crippen molar-refractivity contribution in [1.82, 2.24) is 40.7 Å². The number of nitrogens with one attached hydrogen (secondary N) is 3. The van der Waals surface area contributed by atoms with Crippen molar-refractivity contribution in [3.63, 3.8) is 0 Å². The molecule has 3 fully saturated rings. The molecule has 426 valence electrons. The van der Waals surface area contributed by atoms with Gasteiger partial charge in [0, 0.05) is 95.8 Å². The van der Waals surface area contributed by atoms with E-state index < -0.39 is 30.1 Å². The van der Waals surface area contributed by atoms with Crippen molar-refractivity contribution in [2.75, 3.05) is 14.2 Å². The standard InChI is InChI=1S/C17H27N3O3S.C16H25N3O3S.C10H16N2S.C6H10NO3.I3.I2/c1-10(2)14(16(21)23-5)19-17(22)20(13-6-7-13)8-12-9-24-15(18-12)11(3)4;1-9(2)13(15(20)21)18-16(22)19(12-5-6-12)7-11-8-23-14(17-11)10(3)4;1-7(2)10-12-9(6-13-10)5-11-8-3-4-8;1-5(2)7(4-8)6(9)10-3;1-3-2;1-2/h9-11,13-14H,6-8H2,1-5H3,(H,19,22);8-10,12-13H,5-7H2,1-4H3,(H,18,22)(H,20,21);6-8,11H,3-5H2,1-2H3;5H,1-3H3;;/q;;;+1;-1;/t14-;13-;;;;/m00..../s1. The summed E-state index contributed by atoms with van der Waals surface area (Å²) in [4.78, 5) is 86.3. The molecule has 3 aliphatic rings. The Morgan fingerprint density at radius 1 is 0.680 bits per heavy atom. The second-order valence-corrected chi connectivity index (χ2v) is 38.6. The Morgan fingerprint density at radius 3 is 1.32 bits per heavy atom. The average Bonchev–Trinajstić information content (AvgIpc) is 4.34. The number of nitrogens with zero attached hydrogens (tertiary/aromatic N) is 6. The summed E-state index contributed by atoms with van der Waals surface area (Å²) < 4.78 is 9.93. The first-order chi connectivity index (χ1) is 35.4. The van der Waals surface area contributed by atoms with Crippen LogP contribution in [0.5, 0.6) is 0 Å². The number of aliphatic carboxylic acids is 1. The van der Waals surface area contributed by atoms with Gasteiger partial charge in [-0.05, 0) is 68.8 Å². The number of ether oxygens (including phenoxy) is 2. The van der Waals surface area contributed by atoms with Crippen LogP contribution >= 0.6 is 108 Å². The Labute approximate surface area is 510 Å². The number of carboxylic acids is 1. The number of methoxy groups -OCH3 is 2. The number of carboxylic acid groups (broad SMARTS) is 1. The molecular formula is C49H78I5N9O9S3. The molecule has 0 aromatic carbocycles. The predicted octanol–water partition coefficient (Wildman–Crippen LogP) is 9.76. The molecule has 6 rings (SSSR count). The Bertz CT molecular complexity index is 2230. The number of esters is 1. The molecule has 2 atom stereocenters. The van der Waals surface area contributed by atoms with Crippen molar-refractivity contribution in [1.29, 1.82) is 0 Å². The maximum atomic E-state index is 12.7. The van der Waals surface area contributed by atoms with Gasteiger partial charge in [-0.3, -0.25) is 0 Å².